The molecule has 7 heteroatoms. The molecule has 0 radical (unpaired) electrons. The lowest BCUT2D eigenvalue weighted by atomic mass is 10.6. The third-order valence-electron chi connectivity index (χ3n) is 2.07. The predicted molar refractivity (Wildman–Crippen MR) is 65.7 cm³/mol. The number of methoxy groups -OCH3 is 1. The standard InChI is InChI=1S/C10H19N5O2/c1-5-17-10-13-8(11-2)12-9(14-10)15(3)6-7-16-4/h5-7H2,1-4H3,(H,11,12,13,14). The fourth-order valence-electron chi connectivity index (χ4n) is 1.15. The Hall–Kier alpha value is -1.63. The van der Waals surface area contributed by atoms with Crippen LogP contribution in [0.1, 0.15) is 6.92 Å². The molecule has 1 aromatic rings. The minimum absolute atomic E-state index is 0.325. The van der Waals surface area contributed by atoms with Crippen molar-refractivity contribution in [3.63, 3.8) is 0 Å². The Bertz CT molecular complexity index is 347. The van der Waals surface area contributed by atoms with Gasteiger partial charge in [-0.2, -0.15) is 15.0 Å². The second kappa shape index (κ2) is 6.85. The maximum atomic E-state index is 5.28. The molecule has 0 aliphatic carbocycles. The number of nitrogens with zero attached hydrogens (tertiary/aromatic N) is 4. The van der Waals surface area contributed by atoms with Gasteiger partial charge in [-0.25, -0.2) is 0 Å². The molecule has 1 rings (SSSR count). The topological polar surface area (TPSA) is 72.4 Å². The first-order valence-corrected chi connectivity index (χ1v) is 5.48. The van der Waals surface area contributed by atoms with Crippen molar-refractivity contribution in [1.82, 2.24) is 15.0 Å². The van der Waals surface area contributed by atoms with E-state index in [1.165, 1.54) is 0 Å². The number of anilines is 2. The summed E-state index contributed by atoms with van der Waals surface area (Å²) in [5.41, 5.74) is 0. The van der Waals surface area contributed by atoms with Gasteiger partial charge in [0.2, 0.25) is 11.9 Å². The van der Waals surface area contributed by atoms with Crippen LogP contribution in [0.3, 0.4) is 0 Å². The van der Waals surface area contributed by atoms with Gasteiger partial charge in [-0.1, -0.05) is 0 Å². The molecule has 0 saturated carbocycles. The molecule has 0 spiro atoms. The van der Waals surface area contributed by atoms with E-state index in [4.69, 9.17) is 9.47 Å². The Morgan fingerprint density at radius 1 is 1.29 bits per heavy atom. The summed E-state index contributed by atoms with van der Waals surface area (Å²) < 4.78 is 10.3. The lowest BCUT2D eigenvalue weighted by Gasteiger charge is -2.17. The molecule has 0 unspecified atom stereocenters. The highest BCUT2D eigenvalue weighted by molar-refractivity contribution is 5.37. The van der Waals surface area contributed by atoms with Gasteiger partial charge in [-0.15, -0.1) is 0 Å². The number of rotatable bonds is 7. The summed E-state index contributed by atoms with van der Waals surface area (Å²) in [6.07, 6.45) is 0. The van der Waals surface area contributed by atoms with Gasteiger partial charge in [0.15, 0.2) is 0 Å². The van der Waals surface area contributed by atoms with Gasteiger partial charge in [0, 0.05) is 27.7 Å². The molecule has 0 bridgehead atoms. The van der Waals surface area contributed by atoms with Gasteiger partial charge in [0.25, 0.3) is 0 Å². The van der Waals surface area contributed by atoms with Gasteiger partial charge >= 0.3 is 6.01 Å². The highest BCUT2D eigenvalue weighted by Crippen LogP contribution is 2.13. The first-order valence-electron chi connectivity index (χ1n) is 5.48. The molecule has 0 atom stereocenters. The van der Waals surface area contributed by atoms with E-state index in [1.54, 1.807) is 14.2 Å². The van der Waals surface area contributed by atoms with Crippen LogP contribution >= 0.6 is 0 Å². The van der Waals surface area contributed by atoms with E-state index in [1.807, 2.05) is 18.9 Å². The summed E-state index contributed by atoms with van der Waals surface area (Å²) in [6.45, 7) is 3.72. The molecule has 0 aromatic carbocycles. The van der Waals surface area contributed by atoms with Crippen molar-refractivity contribution in [3.8, 4) is 6.01 Å². The maximum absolute atomic E-state index is 5.28. The fourth-order valence-corrected chi connectivity index (χ4v) is 1.15. The van der Waals surface area contributed by atoms with E-state index in [-0.39, 0.29) is 0 Å². The van der Waals surface area contributed by atoms with E-state index in [0.29, 0.717) is 37.7 Å². The van der Waals surface area contributed by atoms with Crippen LogP contribution in [0.15, 0.2) is 0 Å². The number of ether oxygens (including phenoxy) is 2. The summed E-state index contributed by atoms with van der Waals surface area (Å²) in [5.74, 6) is 1.05. The Morgan fingerprint density at radius 3 is 2.65 bits per heavy atom. The molecule has 0 aliphatic rings. The predicted octanol–water partition coefficient (Wildman–Crippen LogP) is 0.395. The van der Waals surface area contributed by atoms with Crippen molar-refractivity contribution in [2.75, 3.05) is 51.2 Å². The minimum Gasteiger partial charge on any atom is -0.464 e. The van der Waals surface area contributed by atoms with Crippen molar-refractivity contribution < 1.29 is 9.47 Å². The van der Waals surface area contributed by atoms with Crippen molar-refractivity contribution >= 4 is 11.9 Å². The van der Waals surface area contributed by atoms with Crippen LogP contribution in [0, 0.1) is 0 Å². The SMILES string of the molecule is CCOc1nc(NC)nc(N(C)CCOC)n1. The van der Waals surface area contributed by atoms with E-state index in [0.717, 1.165) is 0 Å². The van der Waals surface area contributed by atoms with E-state index >= 15 is 0 Å². The highest BCUT2D eigenvalue weighted by atomic mass is 16.5. The Kier molecular flexibility index (Phi) is 5.41. The van der Waals surface area contributed by atoms with Crippen molar-refractivity contribution in [1.29, 1.82) is 0 Å². The lowest BCUT2D eigenvalue weighted by Crippen LogP contribution is -2.25. The van der Waals surface area contributed by atoms with Crippen LogP contribution in [0.4, 0.5) is 11.9 Å². The molecule has 1 aromatic heterocycles. The van der Waals surface area contributed by atoms with Crippen molar-refractivity contribution in [2.45, 2.75) is 6.92 Å². The number of hydrogen-bond acceptors (Lipinski definition) is 7. The first kappa shape index (κ1) is 13.4. The summed E-state index contributed by atoms with van der Waals surface area (Å²) >= 11 is 0. The molecule has 96 valence electrons. The quantitative estimate of drug-likeness (QED) is 0.740. The van der Waals surface area contributed by atoms with Crippen LogP contribution in [-0.2, 0) is 4.74 Å². The van der Waals surface area contributed by atoms with Crippen LogP contribution in [0.25, 0.3) is 0 Å². The fraction of sp³-hybridized carbons (Fsp3) is 0.700. The third-order valence-corrected chi connectivity index (χ3v) is 2.07. The molecular weight excluding hydrogens is 222 g/mol. The normalized spacial score (nSPS) is 10.1. The van der Waals surface area contributed by atoms with E-state index in [2.05, 4.69) is 20.3 Å². The number of likely N-dealkylation sites (N-methyl/N-ethyl adjacent to an activating group) is 1. The molecule has 7 nitrogen and oxygen atoms in total. The molecular formula is C10H19N5O2. The second-order valence-corrected chi connectivity index (χ2v) is 3.34. The number of hydrogen-bond donors (Lipinski definition) is 1. The average molecular weight is 241 g/mol. The minimum atomic E-state index is 0.325. The lowest BCUT2D eigenvalue weighted by molar-refractivity contribution is 0.206. The van der Waals surface area contributed by atoms with Gasteiger partial charge in [0.05, 0.1) is 13.2 Å². The van der Waals surface area contributed by atoms with Gasteiger partial charge in [-0.3, -0.25) is 0 Å². The van der Waals surface area contributed by atoms with E-state index in [9.17, 15) is 0 Å². The summed E-state index contributed by atoms with van der Waals surface area (Å²) in [4.78, 5) is 14.4. The molecule has 0 saturated heterocycles. The van der Waals surface area contributed by atoms with Gasteiger partial charge in [-0.05, 0) is 6.92 Å². The molecule has 17 heavy (non-hydrogen) atoms. The average Bonchev–Trinajstić information content (AvgIpc) is 2.35. The monoisotopic (exact) mass is 241 g/mol. The molecule has 0 amide bonds. The van der Waals surface area contributed by atoms with Crippen molar-refractivity contribution in [3.05, 3.63) is 0 Å². The number of aromatic nitrogens is 3. The first-order chi connectivity index (χ1) is 8.21. The van der Waals surface area contributed by atoms with Crippen LogP contribution < -0.4 is 15.0 Å². The second-order valence-electron chi connectivity index (χ2n) is 3.34. The smallest absolute Gasteiger partial charge is 0.323 e. The zero-order valence-corrected chi connectivity index (χ0v) is 10.7. The van der Waals surface area contributed by atoms with Crippen LogP contribution in [-0.4, -0.2) is 55.9 Å². The molecule has 1 heterocycles. The zero-order valence-electron chi connectivity index (χ0n) is 10.7. The Labute approximate surface area is 101 Å². The zero-order chi connectivity index (χ0) is 12.7. The third kappa shape index (κ3) is 4.03. The summed E-state index contributed by atoms with van der Waals surface area (Å²) in [6, 6.07) is 0.325. The van der Waals surface area contributed by atoms with Gasteiger partial charge in [0.1, 0.15) is 0 Å². The Balaban J connectivity index is 2.85. The summed E-state index contributed by atoms with van der Waals surface area (Å²) in [5, 5.41) is 2.88. The van der Waals surface area contributed by atoms with E-state index < -0.39 is 0 Å². The largest absolute Gasteiger partial charge is 0.464 e. The maximum Gasteiger partial charge on any atom is 0.323 e. The summed E-state index contributed by atoms with van der Waals surface area (Å²) in [7, 11) is 5.30. The number of nitrogens with one attached hydrogen (secondary N) is 1. The van der Waals surface area contributed by atoms with Crippen LogP contribution in [0.2, 0.25) is 0 Å². The van der Waals surface area contributed by atoms with Crippen LogP contribution in [0.5, 0.6) is 6.01 Å². The van der Waals surface area contributed by atoms with Crippen molar-refractivity contribution in [2.24, 2.45) is 0 Å². The molecule has 0 fully saturated rings. The highest BCUT2D eigenvalue weighted by Gasteiger charge is 2.10. The molecule has 1 N–H and O–H groups in total. The Morgan fingerprint density at radius 2 is 2.06 bits per heavy atom. The molecule has 0 aliphatic heterocycles. The van der Waals surface area contributed by atoms with Gasteiger partial charge < -0.3 is 19.7 Å².